The monoisotopic (exact) mass is 218 g/mol. The molecule has 0 aliphatic carbocycles. The SMILES string of the molecule is C#Cc1cc(N2CCN(C)CC2)ccc1F. The summed E-state index contributed by atoms with van der Waals surface area (Å²) in [7, 11) is 2.11. The molecule has 2 nitrogen and oxygen atoms in total. The van der Waals surface area contributed by atoms with Crippen molar-refractivity contribution >= 4 is 5.69 Å². The van der Waals surface area contributed by atoms with Crippen molar-refractivity contribution in [2.24, 2.45) is 0 Å². The van der Waals surface area contributed by atoms with Crippen LogP contribution in [0.5, 0.6) is 0 Å². The summed E-state index contributed by atoms with van der Waals surface area (Å²) in [6.45, 7) is 3.99. The van der Waals surface area contributed by atoms with E-state index in [1.807, 2.05) is 0 Å². The predicted octanol–water partition coefficient (Wildman–Crippen LogP) is 1.56. The molecule has 1 heterocycles. The van der Waals surface area contributed by atoms with Crippen molar-refractivity contribution in [3.05, 3.63) is 29.6 Å². The lowest BCUT2D eigenvalue weighted by molar-refractivity contribution is 0.313. The van der Waals surface area contributed by atoms with Crippen LogP contribution in [0.3, 0.4) is 0 Å². The van der Waals surface area contributed by atoms with E-state index in [2.05, 4.69) is 22.8 Å². The highest BCUT2D eigenvalue weighted by molar-refractivity contribution is 5.53. The van der Waals surface area contributed by atoms with Gasteiger partial charge >= 0.3 is 0 Å². The van der Waals surface area contributed by atoms with Crippen LogP contribution >= 0.6 is 0 Å². The number of piperazine rings is 1. The van der Waals surface area contributed by atoms with Gasteiger partial charge in [-0.3, -0.25) is 0 Å². The number of likely N-dealkylation sites (N-methyl/N-ethyl adjacent to an activating group) is 1. The first-order valence-corrected chi connectivity index (χ1v) is 5.40. The van der Waals surface area contributed by atoms with Gasteiger partial charge in [-0.05, 0) is 25.2 Å². The summed E-state index contributed by atoms with van der Waals surface area (Å²) in [5.41, 5.74) is 1.36. The van der Waals surface area contributed by atoms with Gasteiger partial charge in [0.15, 0.2) is 0 Å². The van der Waals surface area contributed by atoms with E-state index in [1.165, 1.54) is 6.07 Å². The molecule has 3 heteroatoms. The van der Waals surface area contributed by atoms with Crippen molar-refractivity contribution in [1.29, 1.82) is 0 Å². The Bertz CT molecular complexity index is 414. The summed E-state index contributed by atoms with van der Waals surface area (Å²) >= 11 is 0. The van der Waals surface area contributed by atoms with Crippen molar-refractivity contribution in [3.63, 3.8) is 0 Å². The minimum Gasteiger partial charge on any atom is -0.369 e. The Hall–Kier alpha value is -1.53. The highest BCUT2D eigenvalue weighted by Crippen LogP contribution is 2.19. The highest BCUT2D eigenvalue weighted by atomic mass is 19.1. The standard InChI is InChI=1S/C13H15FN2/c1-3-11-10-12(4-5-13(11)14)16-8-6-15(2)7-9-16/h1,4-5,10H,6-9H2,2H3. The van der Waals surface area contributed by atoms with E-state index in [1.54, 1.807) is 12.1 Å². The fraction of sp³-hybridized carbons (Fsp3) is 0.385. The smallest absolute Gasteiger partial charge is 0.138 e. The van der Waals surface area contributed by atoms with Crippen molar-refractivity contribution in [3.8, 4) is 12.3 Å². The summed E-state index contributed by atoms with van der Waals surface area (Å²) in [4.78, 5) is 4.52. The zero-order valence-electron chi connectivity index (χ0n) is 9.41. The van der Waals surface area contributed by atoms with Gasteiger partial charge < -0.3 is 9.80 Å². The number of nitrogens with zero attached hydrogens (tertiary/aromatic N) is 2. The number of benzene rings is 1. The van der Waals surface area contributed by atoms with E-state index in [-0.39, 0.29) is 5.82 Å². The summed E-state index contributed by atoms with van der Waals surface area (Å²) in [5, 5.41) is 0. The average Bonchev–Trinajstić information content (AvgIpc) is 2.31. The molecule has 2 rings (SSSR count). The fourth-order valence-electron chi connectivity index (χ4n) is 1.89. The van der Waals surface area contributed by atoms with Gasteiger partial charge in [-0.2, -0.15) is 0 Å². The number of anilines is 1. The van der Waals surface area contributed by atoms with Gasteiger partial charge in [0.1, 0.15) is 5.82 Å². The van der Waals surface area contributed by atoms with Crippen LogP contribution < -0.4 is 4.90 Å². The molecule has 1 aliphatic heterocycles. The van der Waals surface area contributed by atoms with Crippen LogP contribution in [0.1, 0.15) is 5.56 Å². The summed E-state index contributed by atoms with van der Waals surface area (Å²) < 4.78 is 13.2. The molecular formula is C13H15FN2. The Morgan fingerprint density at radius 1 is 1.25 bits per heavy atom. The van der Waals surface area contributed by atoms with Gasteiger partial charge in [0.25, 0.3) is 0 Å². The number of hydrogen-bond donors (Lipinski definition) is 0. The molecule has 0 spiro atoms. The predicted molar refractivity (Wildman–Crippen MR) is 64.0 cm³/mol. The molecule has 0 unspecified atom stereocenters. The number of hydrogen-bond acceptors (Lipinski definition) is 2. The van der Waals surface area contributed by atoms with Crippen LogP contribution in [-0.2, 0) is 0 Å². The van der Waals surface area contributed by atoms with Gasteiger partial charge in [0, 0.05) is 31.9 Å². The molecule has 84 valence electrons. The van der Waals surface area contributed by atoms with E-state index < -0.39 is 0 Å². The fourth-order valence-corrected chi connectivity index (χ4v) is 1.89. The third-order valence-corrected chi connectivity index (χ3v) is 2.97. The first-order chi connectivity index (χ1) is 7.70. The summed E-state index contributed by atoms with van der Waals surface area (Å²) in [6, 6.07) is 4.99. The van der Waals surface area contributed by atoms with Crippen molar-refractivity contribution in [1.82, 2.24) is 4.90 Å². The molecule has 0 radical (unpaired) electrons. The second kappa shape index (κ2) is 4.54. The van der Waals surface area contributed by atoms with Crippen LogP contribution in [0.4, 0.5) is 10.1 Å². The number of rotatable bonds is 1. The molecule has 0 N–H and O–H groups in total. The maximum absolute atomic E-state index is 13.2. The molecule has 1 fully saturated rings. The average molecular weight is 218 g/mol. The molecule has 0 aromatic heterocycles. The number of halogens is 1. The molecule has 1 aromatic rings. The van der Waals surface area contributed by atoms with Gasteiger partial charge in [-0.1, -0.05) is 5.92 Å². The molecular weight excluding hydrogens is 203 g/mol. The van der Waals surface area contributed by atoms with Crippen LogP contribution in [0, 0.1) is 18.2 Å². The molecule has 16 heavy (non-hydrogen) atoms. The lowest BCUT2D eigenvalue weighted by atomic mass is 10.1. The van der Waals surface area contributed by atoms with Crippen LogP contribution in [0.15, 0.2) is 18.2 Å². The van der Waals surface area contributed by atoms with Crippen molar-refractivity contribution in [2.45, 2.75) is 0 Å². The normalized spacial score (nSPS) is 17.2. The van der Waals surface area contributed by atoms with Gasteiger partial charge in [-0.25, -0.2) is 4.39 Å². The van der Waals surface area contributed by atoms with Gasteiger partial charge in [-0.15, -0.1) is 6.42 Å². The van der Waals surface area contributed by atoms with E-state index in [0.29, 0.717) is 5.56 Å². The zero-order chi connectivity index (χ0) is 11.5. The van der Waals surface area contributed by atoms with Crippen LogP contribution in [-0.4, -0.2) is 38.1 Å². The lowest BCUT2D eigenvalue weighted by Gasteiger charge is -2.34. The Morgan fingerprint density at radius 3 is 2.56 bits per heavy atom. The third kappa shape index (κ3) is 2.17. The Labute approximate surface area is 95.7 Å². The van der Waals surface area contributed by atoms with E-state index in [9.17, 15) is 4.39 Å². The Morgan fingerprint density at radius 2 is 1.94 bits per heavy atom. The highest BCUT2D eigenvalue weighted by Gasteiger charge is 2.14. The van der Waals surface area contributed by atoms with Crippen molar-refractivity contribution < 1.29 is 4.39 Å². The summed E-state index contributed by atoms with van der Waals surface area (Å²) in [6.07, 6.45) is 5.25. The first-order valence-electron chi connectivity index (χ1n) is 5.40. The second-order valence-electron chi connectivity index (χ2n) is 4.10. The Balaban J connectivity index is 2.18. The van der Waals surface area contributed by atoms with Crippen molar-refractivity contribution in [2.75, 3.05) is 38.1 Å². The largest absolute Gasteiger partial charge is 0.369 e. The molecule has 0 amide bonds. The maximum Gasteiger partial charge on any atom is 0.138 e. The van der Waals surface area contributed by atoms with E-state index in [4.69, 9.17) is 6.42 Å². The third-order valence-electron chi connectivity index (χ3n) is 2.97. The molecule has 1 aliphatic rings. The van der Waals surface area contributed by atoms with E-state index in [0.717, 1.165) is 31.9 Å². The minimum absolute atomic E-state index is 0.319. The first kappa shape index (κ1) is 11.0. The quantitative estimate of drug-likeness (QED) is 0.660. The molecule has 0 bridgehead atoms. The van der Waals surface area contributed by atoms with Gasteiger partial charge in [0.2, 0.25) is 0 Å². The van der Waals surface area contributed by atoms with E-state index >= 15 is 0 Å². The van der Waals surface area contributed by atoms with Crippen LogP contribution in [0.2, 0.25) is 0 Å². The van der Waals surface area contributed by atoms with Crippen LogP contribution in [0.25, 0.3) is 0 Å². The topological polar surface area (TPSA) is 6.48 Å². The number of terminal acetylenes is 1. The molecule has 1 saturated heterocycles. The minimum atomic E-state index is -0.319. The Kier molecular flexibility index (Phi) is 3.12. The molecule has 1 aromatic carbocycles. The zero-order valence-corrected chi connectivity index (χ0v) is 9.41. The second-order valence-corrected chi connectivity index (χ2v) is 4.10. The maximum atomic E-state index is 13.2. The molecule has 0 atom stereocenters. The lowest BCUT2D eigenvalue weighted by Crippen LogP contribution is -2.44. The summed E-state index contributed by atoms with van der Waals surface area (Å²) in [5.74, 6) is 2.05. The van der Waals surface area contributed by atoms with Gasteiger partial charge in [0.05, 0.1) is 5.56 Å². The molecule has 0 saturated carbocycles.